The molecule has 0 unspecified atom stereocenters. The lowest BCUT2D eigenvalue weighted by Crippen LogP contribution is -2.49. The van der Waals surface area contributed by atoms with Gasteiger partial charge in [-0.25, -0.2) is 9.97 Å². The van der Waals surface area contributed by atoms with Gasteiger partial charge in [0.25, 0.3) is 0 Å². The Kier molecular flexibility index (Phi) is 4.99. The fourth-order valence-electron chi connectivity index (χ4n) is 3.09. The molecular weight excluding hydrogens is 314 g/mol. The number of hydrogen-bond acceptors (Lipinski definition) is 6. The zero-order valence-electron chi connectivity index (χ0n) is 15.1. The van der Waals surface area contributed by atoms with Crippen LogP contribution in [0.4, 0.5) is 11.6 Å². The van der Waals surface area contributed by atoms with Gasteiger partial charge in [-0.3, -0.25) is 9.69 Å². The number of aromatic nitrogens is 2. The maximum atomic E-state index is 12.8. The van der Waals surface area contributed by atoms with Gasteiger partial charge in [-0.2, -0.15) is 0 Å². The fraction of sp³-hybridized carbons (Fsp3) is 0.421. The van der Waals surface area contributed by atoms with Crippen molar-refractivity contribution < 1.29 is 4.79 Å². The first-order valence-electron chi connectivity index (χ1n) is 8.68. The zero-order valence-corrected chi connectivity index (χ0v) is 15.1. The van der Waals surface area contributed by atoms with Crippen molar-refractivity contribution in [3.8, 4) is 0 Å². The molecule has 0 spiro atoms. The Morgan fingerprint density at radius 1 is 1.20 bits per heavy atom. The van der Waals surface area contributed by atoms with Crippen LogP contribution in [0.1, 0.15) is 35.5 Å². The Morgan fingerprint density at radius 2 is 1.92 bits per heavy atom. The molecule has 0 amide bonds. The molecule has 25 heavy (non-hydrogen) atoms. The van der Waals surface area contributed by atoms with Gasteiger partial charge in [0.15, 0.2) is 0 Å². The molecule has 1 fully saturated rings. The molecule has 6 heteroatoms. The number of hydrogen-bond donors (Lipinski definition) is 1. The van der Waals surface area contributed by atoms with Crippen LogP contribution in [-0.2, 0) is 0 Å². The van der Waals surface area contributed by atoms with Gasteiger partial charge in [-0.05, 0) is 44.5 Å². The Hall–Kier alpha value is -2.47. The topological polar surface area (TPSA) is 75.3 Å². The van der Waals surface area contributed by atoms with Crippen LogP contribution in [0.2, 0.25) is 0 Å². The molecule has 1 aliphatic rings. The van der Waals surface area contributed by atoms with Gasteiger partial charge in [-0.1, -0.05) is 6.07 Å². The van der Waals surface area contributed by atoms with E-state index in [1.807, 2.05) is 19.1 Å². The van der Waals surface area contributed by atoms with Crippen molar-refractivity contribution in [3.05, 3.63) is 47.3 Å². The van der Waals surface area contributed by atoms with Crippen molar-refractivity contribution in [1.29, 1.82) is 0 Å². The Balaban J connectivity index is 1.80. The van der Waals surface area contributed by atoms with E-state index in [0.717, 1.165) is 37.6 Å². The molecule has 2 N–H and O–H groups in total. The molecule has 0 aromatic carbocycles. The first-order chi connectivity index (χ1) is 12.0. The van der Waals surface area contributed by atoms with Crippen LogP contribution in [0.5, 0.6) is 0 Å². The summed E-state index contributed by atoms with van der Waals surface area (Å²) < 4.78 is 0. The maximum Gasteiger partial charge on any atom is 0.215 e. The van der Waals surface area contributed by atoms with E-state index in [0.29, 0.717) is 17.3 Å². The van der Waals surface area contributed by atoms with E-state index < -0.39 is 0 Å². The summed E-state index contributed by atoms with van der Waals surface area (Å²) in [5.41, 5.74) is 7.59. The average molecular weight is 339 g/mol. The van der Waals surface area contributed by atoms with Crippen LogP contribution in [0.25, 0.3) is 0 Å². The number of aryl methyl sites for hydroxylation is 1. The fourth-order valence-corrected chi connectivity index (χ4v) is 3.09. The molecule has 0 radical (unpaired) electrons. The van der Waals surface area contributed by atoms with Crippen molar-refractivity contribution in [2.24, 2.45) is 0 Å². The third-order valence-electron chi connectivity index (χ3n) is 4.64. The number of nitrogens with zero attached hydrogens (tertiary/aromatic N) is 4. The van der Waals surface area contributed by atoms with E-state index in [1.54, 1.807) is 18.3 Å². The van der Waals surface area contributed by atoms with Crippen molar-refractivity contribution in [2.75, 3.05) is 36.8 Å². The monoisotopic (exact) mass is 339 g/mol. The van der Waals surface area contributed by atoms with Crippen LogP contribution < -0.4 is 10.6 Å². The van der Waals surface area contributed by atoms with Crippen molar-refractivity contribution in [2.45, 2.75) is 26.8 Å². The summed E-state index contributed by atoms with van der Waals surface area (Å²) in [7, 11) is 0. The highest BCUT2D eigenvalue weighted by Crippen LogP contribution is 2.19. The van der Waals surface area contributed by atoms with E-state index in [4.69, 9.17) is 5.73 Å². The molecule has 2 aromatic heterocycles. The zero-order chi connectivity index (χ0) is 18.0. The molecular formula is C19H25N5O. The number of pyridine rings is 2. The van der Waals surface area contributed by atoms with Crippen LogP contribution in [0.3, 0.4) is 0 Å². The van der Waals surface area contributed by atoms with Gasteiger partial charge >= 0.3 is 0 Å². The summed E-state index contributed by atoms with van der Waals surface area (Å²) in [5, 5.41) is 0. The molecule has 0 bridgehead atoms. The predicted molar refractivity (Wildman–Crippen MR) is 100.0 cm³/mol. The second kappa shape index (κ2) is 7.19. The summed E-state index contributed by atoms with van der Waals surface area (Å²) in [6.45, 7) is 10.2. The smallest absolute Gasteiger partial charge is 0.215 e. The minimum Gasteiger partial charge on any atom is -0.383 e. The van der Waals surface area contributed by atoms with Crippen LogP contribution in [-0.4, -0.2) is 52.9 Å². The summed E-state index contributed by atoms with van der Waals surface area (Å²) in [4.78, 5) is 26.1. The summed E-state index contributed by atoms with van der Waals surface area (Å²) >= 11 is 0. The van der Waals surface area contributed by atoms with E-state index >= 15 is 0 Å². The molecule has 132 valence electrons. The molecule has 0 atom stereocenters. The SMILES string of the molecule is Cc1cnc(N)c(C(=O)c2cccc(N3CCN(C(C)C)CC3)n2)c1. The number of nitrogen functional groups attached to an aromatic ring is 1. The first kappa shape index (κ1) is 17.4. The predicted octanol–water partition coefficient (Wildman–Crippen LogP) is 2.13. The highest BCUT2D eigenvalue weighted by Gasteiger charge is 2.21. The largest absolute Gasteiger partial charge is 0.383 e. The number of nitrogens with two attached hydrogens (primary N) is 1. The van der Waals surface area contributed by atoms with Gasteiger partial charge < -0.3 is 10.6 Å². The number of ketones is 1. The number of rotatable bonds is 4. The van der Waals surface area contributed by atoms with Crippen molar-refractivity contribution in [3.63, 3.8) is 0 Å². The second-order valence-electron chi connectivity index (χ2n) is 6.77. The summed E-state index contributed by atoms with van der Waals surface area (Å²) in [5.74, 6) is 0.901. The number of carbonyl (C=O) groups excluding carboxylic acids is 1. The minimum absolute atomic E-state index is 0.184. The Morgan fingerprint density at radius 3 is 2.60 bits per heavy atom. The normalized spacial score (nSPS) is 15.6. The molecule has 3 heterocycles. The molecule has 0 saturated carbocycles. The van der Waals surface area contributed by atoms with Gasteiger partial charge in [0, 0.05) is 38.4 Å². The minimum atomic E-state index is -0.184. The van der Waals surface area contributed by atoms with Gasteiger partial charge in [-0.15, -0.1) is 0 Å². The van der Waals surface area contributed by atoms with E-state index in [2.05, 4.69) is 33.6 Å². The third-order valence-corrected chi connectivity index (χ3v) is 4.64. The highest BCUT2D eigenvalue weighted by atomic mass is 16.1. The van der Waals surface area contributed by atoms with Gasteiger partial charge in [0.05, 0.1) is 5.56 Å². The van der Waals surface area contributed by atoms with Gasteiger partial charge in [0.2, 0.25) is 5.78 Å². The van der Waals surface area contributed by atoms with E-state index in [1.165, 1.54) is 0 Å². The molecule has 2 aromatic rings. The maximum absolute atomic E-state index is 12.8. The van der Waals surface area contributed by atoms with Crippen LogP contribution >= 0.6 is 0 Å². The quantitative estimate of drug-likeness (QED) is 0.860. The number of piperazine rings is 1. The summed E-state index contributed by atoms with van der Waals surface area (Å²) in [6.07, 6.45) is 1.66. The van der Waals surface area contributed by atoms with Crippen molar-refractivity contribution in [1.82, 2.24) is 14.9 Å². The standard InChI is InChI=1S/C19H25N5O/c1-13(2)23-7-9-24(10-8-23)17-6-4-5-16(22-17)18(25)15-11-14(3)12-21-19(15)20/h4-6,11-13H,7-10H2,1-3H3,(H2,20,21). The summed E-state index contributed by atoms with van der Waals surface area (Å²) in [6, 6.07) is 7.89. The molecule has 1 saturated heterocycles. The lowest BCUT2D eigenvalue weighted by Gasteiger charge is -2.37. The molecule has 0 aliphatic carbocycles. The van der Waals surface area contributed by atoms with Crippen molar-refractivity contribution >= 4 is 17.4 Å². The van der Waals surface area contributed by atoms with E-state index in [-0.39, 0.29) is 11.6 Å². The van der Waals surface area contributed by atoms with E-state index in [9.17, 15) is 4.79 Å². The lowest BCUT2D eigenvalue weighted by atomic mass is 10.1. The average Bonchev–Trinajstić information content (AvgIpc) is 2.63. The number of carbonyl (C=O) groups is 1. The third kappa shape index (κ3) is 3.79. The Bertz CT molecular complexity index is 766. The molecule has 3 rings (SSSR count). The lowest BCUT2D eigenvalue weighted by molar-refractivity contribution is 0.103. The molecule has 6 nitrogen and oxygen atoms in total. The first-order valence-corrected chi connectivity index (χ1v) is 8.68. The molecule has 1 aliphatic heterocycles. The van der Waals surface area contributed by atoms with Crippen LogP contribution in [0.15, 0.2) is 30.5 Å². The van der Waals surface area contributed by atoms with Gasteiger partial charge in [0.1, 0.15) is 17.3 Å². The highest BCUT2D eigenvalue weighted by molar-refractivity contribution is 6.10. The second-order valence-corrected chi connectivity index (χ2v) is 6.77. The van der Waals surface area contributed by atoms with Crippen LogP contribution in [0, 0.1) is 6.92 Å². The Labute approximate surface area is 148 Å². The number of anilines is 2.